The zero-order valence-electron chi connectivity index (χ0n) is 3.71. The van der Waals surface area contributed by atoms with E-state index in [4.69, 9.17) is 0 Å². The van der Waals surface area contributed by atoms with E-state index in [9.17, 15) is 0 Å². The van der Waals surface area contributed by atoms with E-state index in [2.05, 4.69) is 20.1 Å². The van der Waals surface area contributed by atoms with Crippen LogP contribution in [-0.2, 0) is 0 Å². The Balaban J connectivity index is 3.60. The molecule has 0 aliphatic heterocycles. The van der Waals surface area contributed by atoms with E-state index in [1.807, 2.05) is 0 Å². The molecule has 0 aromatic carbocycles. The van der Waals surface area contributed by atoms with Gasteiger partial charge in [-0.15, -0.1) is 0 Å². The predicted octanol–water partition coefficient (Wildman–Crippen LogP) is 0.910. The zero-order valence-corrected chi connectivity index (χ0v) is 6.56. The van der Waals surface area contributed by atoms with Crippen molar-refractivity contribution in [2.75, 3.05) is 0 Å². The van der Waals surface area contributed by atoms with Crippen LogP contribution in [0.15, 0.2) is 6.58 Å². The first kappa shape index (κ1) is 5.45. The fourth-order valence-corrected chi connectivity index (χ4v) is 0. The maximum absolute atomic E-state index is 3.52. The zero-order chi connectivity index (χ0) is 4.28. The third-order valence-electron chi connectivity index (χ3n) is 0.354. The summed E-state index contributed by atoms with van der Waals surface area (Å²) in [6.45, 7) is 3.52. The van der Waals surface area contributed by atoms with Crippen LogP contribution in [0.25, 0.3) is 0 Å². The summed E-state index contributed by atoms with van der Waals surface area (Å²) in [6, 6.07) is 0. The summed E-state index contributed by atoms with van der Waals surface area (Å²) >= 11 is -0.941. The molecule has 0 bridgehead atoms. The first-order valence-corrected chi connectivity index (χ1v) is 8.74. The van der Waals surface area contributed by atoms with Gasteiger partial charge in [0, 0.05) is 0 Å². The molecule has 0 amide bonds. The maximum atomic E-state index is 3.52. The summed E-state index contributed by atoms with van der Waals surface area (Å²) in [6.07, 6.45) is 0. The molecule has 0 radical (unpaired) electrons. The Labute approximate surface area is 39.7 Å². The van der Waals surface area contributed by atoms with Crippen molar-refractivity contribution in [3.8, 4) is 0 Å². The number of hydrogen-bond donors (Lipinski definition) is 0. The molecule has 0 aromatic heterocycles. The SMILES string of the molecule is C=[C]=[Sn]([CH3])[CH3]. The first-order valence-electron chi connectivity index (χ1n) is 1.60. The molecule has 0 fully saturated rings. The number of hydrogen-bond acceptors (Lipinski definition) is 0. The monoisotopic (exact) mass is 176 g/mol. The Morgan fingerprint density at radius 1 is 1.60 bits per heavy atom. The molecule has 0 spiro atoms. The standard InChI is InChI=1S/C2H2.2CH3.Sn/c1-2;;;/h1H2;2*1H3;. The molecule has 0 saturated heterocycles. The van der Waals surface area contributed by atoms with Crippen LogP contribution in [-0.4, -0.2) is 23.0 Å². The second kappa shape index (κ2) is 2.67. The molecule has 5 heavy (non-hydrogen) atoms. The summed E-state index contributed by atoms with van der Waals surface area (Å²) < 4.78 is 2.97. The molecule has 0 aliphatic rings. The van der Waals surface area contributed by atoms with Gasteiger partial charge in [-0.05, 0) is 0 Å². The topological polar surface area (TPSA) is 0 Å². The molecule has 0 atom stereocenters. The van der Waals surface area contributed by atoms with Crippen LogP contribution < -0.4 is 0 Å². The number of rotatable bonds is 0. The Hall–Kier alpha value is 0.449. The Kier molecular flexibility index (Phi) is 2.91. The van der Waals surface area contributed by atoms with Crippen molar-refractivity contribution in [2.24, 2.45) is 0 Å². The van der Waals surface area contributed by atoms with Crippen LogP contribution in [0.5, 0.6) is 0 Å². The average Bonchev–Trinajstić information content (AvgIpc) is 1.38. The van der Waals surface area contributed by atoms with E-state index in [0.717, 1.165) is 0 Å². The Bertz CT molecular complexity index is 63.7. The van der Waals surface area contributed by atoms with E-state index in [1.165, 1.54) is 0 Å². The molecular formula is C4H8Sn. The summed E-state index contributed by atoms with van der Waals surface area (Å²) in [5.41, 5.74) is 0. The van der Waals surface area contributed by atoms with Crippen LogP contribution in [0.1, 0.15) is 0 Å². The molecular weight excluding hydrogens is 167 g/mol. The molecule has 28 valence electrons. The molecule has 0 heterocycles. The van der Waals surface area contributed by atoms with Crippen LogP contribution in [0.2, 0.25) is 9.88 Å². The molecule has 0 saturated carbocycles. The molecule has 0 N–H and O–H groups in total. The molecule has 1 heteroatoms. The van der Waals surface area contributed by atoms with E-state index >= 15 is 0 Å². The van der Waals surface area contributed by atoms with E-state index in [0.29, 0.717) is 0 Å². The van der Waals surface area contributed by atoms with Crippen molar-refractivity contribution in [2.45, 2.75) is 9.88 Å². The van der Waals surface area contributed by atoms with Crippen molar-refractivity contribution >= 4 is 23.0 Å². The molecule has 0 unspecified atom stereocenters. The Morgan fingerprint density at radius 3 is 1.80 bits per heavy atom. The molecule has 0 aliphatic carbocycles. The van der Waals surface area contributed by atoms with Gasteiger partial charge in [0.05, 0.1) is 0 Å². The second-order valence-electron chi connectivity index (χ2n) is 1.18. The summed E-state index contributed by atoms with van der Waals surface area (Å²) in [5, 5.41) is 0. The summed E-state index contributed by atoms with van der Waals surface area (Å²) in [5.74, 6) is 0. The molecule has 0 nitrogen and oxygen atoms in total. The Morgan fingerprint density at radius 2 is 1.80 bits per heavy atom. The van der Waals surface area contributed by atoms with E-state index in [1.54, 1.807) is 0 Å². The van der Waals surface area contributed by atoms with Crippen LogP contribution >= 0.6 is 0 Å². The average molecular weight is 175 g/mol. The second-order valence-corrected chi connectivity index (χ2v) is 7.89. The fraction of sp³-hybridized carbons (Fsp3) is 0.500. The van der Waals surface area contributed by atoms with Crippen molar-refractivity contribution < 1.29 is 0 Å². The predicted molar refractivity (Wildman–Crippen MR) is 28.1 cm³/mol. The van der Waals surface area contributed by atoms with Crippen molar-refractivity contribution in [3.05, 3.63) is 6.58 Å². The summed E-state index contributed by atoms with van der Waals surface area (Å²) in [7, 11) is 0. The van der Waals surface area contributed by atoms with E-state index in [-0.39, 0.29) is 0 Å². The van der Waals surface area contributed by atoms with Gasteiger partial charge in [-0.1, -0.05) is 0 Å². The van der Waals surface area contributed by atoms with Crippen LogP contribution in [0.3, 0.4) is 0 Å². The van der Waals surface area contributed by atoms with Crippen molar-refractivity contribution in [1.82, 2.24) is 0 Å². The van der Waals surface area contributed by atoms with Gasteiger partial charge < -0.3 is 0 Å². The quantitative estimate of drug-likeness (QED) is 0.480. The summed E-state index contributed by atoms with van der Waals surface area (Å²) in [4.78, 5) is 4.49. The molecule has 0 aromatic rings. The fourth-order valence-electron chi connectivity index (χ4n) is 0. The van der Waals surface area contributed by atoms with Gasteiger partial charge in [0.1, 0.15) is 0 Å². The van der Waals surface area contributed by atoms with Gasteiger partial charge in [0.2, 0.25) is 0 Å². The van der Waals surface area contributed by atoms with Gasteiger partial charge >= 0.3 is 39.4 Å². The van der Waals surface area contributed by atoms with Gasteiger partial charge in [0.25, 0.3) is 0 Å². The van der Waals surface area contributed by atoms with Gasteiger partial charge in [-0.2, -0.15) is 0 Å². The van der Waals surface area contributed by atoms with Crippen molar-refractivity contribution in [3.63, 3.8) is 0 Å². The minimum atomic E-state index is -0.941. The van der Waals surface area contributed by atoms with Crippen molar-refractivity contribution in [1.29, 1.82) is 0 Å². The van der Waals surface area contributed by atoms with Gasteiger partial charge in [-0.25, -0.2) is 0 Å². The third kappa shape index (κ3) is 4.45. The third-order valence-corrected chi connectivity index (χ3v) is 2.37. The minimum absolute atomic E-state index is 0.941. The normalized spacial score (nSPS) is 6.00. The first-order chi connectivity index (χ1) is 2.27. The van der Waals surface area contributed by atoms with Crippen LogP contribution in [0, 0.1) is 0 Å². The van der Waals surface area contributed by atoms with Gasteiger partial charge in [0.15, 0.2) is 0 Å². The van der Waals surface area contributed by atoms with Gasteiger partial charge in [-0.3, -0.25) is 0 Å². The van der Waals surface area contributed by atoms with Crippen LogP contribution in [0.4, 0.5) is 0 Å². The van der Waals surface area contributed by atoms with E-state index < -0.39 is 19.3 Å². The molecule has 0 rings (SSSR count).